The summed E-state index contributed by atoms with van der Waals surface area (Å²) in [6.07, 6.45) is 3.83. The minimum atomic E-state index is -0.0999. The van der Waals surface area contributed by atoms with Crippen molar-refractivity contribution in [1.82, 2.24) is 20.4 Å². The van der Waals surface area contributed by atoms with Crippen LogP contribution in [-0.4, -0.2) is 35.6 Å². The van der Waals surface area contributed by atoms with E-state index in [4.69, 9.17) is 9.47 Å². The van der Waals surface area contributed by atoms with E-state index in [0.29, 0.717) is 6.54 Å². The van der Waals surface area contributed by atoms with Crippen molar-refractivity contribution in [3.05, 3.63) is 41.7 Å². The molecule has 1 unspecified atom stereocenters. The fourth-order valence-corrected chi connectivity index (χ4v) is 3.52. The maximum absolute atomic E-state index is 12.8. The Kier molecular flexibility index (Phi) is 5.38. The van der Waals surface area contributed by atoms with Gasteiger partial charge in [0.2, 0.25) is 12.7 Å². The molecule has 2 aliphatic rings. The molecule has 0 aliphatic carbocycles. The van der Waals surface area contributed by atoms with E-state index in [9.17, 15) is 4.79 Å². The van der Waals surface area contributed by atoms with Gasteiger partial charge in [-0.3, -0.25) is 9.48 Å². The van der Waals surface area contributed by atoms with E-state index in [1.54, 1.807) is 4.68 Å². The average Bonchev–Trinajstić information content (AvgIpc) is 3.33. The monoisotopic (exact) mass is 378 g/mol. The molecule has 1 fully saturated rings. The van der Waals surface area contributed by atoms with Gasteiger partial charge in [-0.1, -0.05) is 6.07 Å². The Labute approximate surface area is 158 Å². The molecule has 1 amide bonds. The molecule has 1 saturated heterocycles. The number of ether oxygens (including phenoxy) is 2. The summed E-state index contributed by atoms with van der Waals surface area (Å²) in [5, 5.41) is 10.7. The summed E-state index contributed by atoms with van der Waals surface area (Å²) < 4.78 is 12.5. The third-order valence-corrected chi connectivity index (χ3v) is 4.96. The lowest BCUT2D eigenvalue weighted by atomic mass is 9.90. The number of nitrogens with one attached hydrogen (secondary N) is 2. The Balaban J connectivity index is 0.00000196. The van der Waals surface area contributed by atoms with Crippen LogP contribution < -0.4 is 20.1 Å². The molecule has 0 saturated carbocycles. The maximum atomic E-state index is 12.8. The van der Waals surface area contributed by atoms with E-state index in [1.807, 2.05) is 44.6 Å². The van der Waals surface area contributed by atoms with Crippen LogP contribution in [0.2, 0.25) is 0 Å². The number of fused-ring (bicyclic) bond motifs is 1. The molecule has 26 heavy (non-hydrogen) atoms. The van der Waals surface area contributed by atoms with Gasteiger partial charge in [-0.15, -0.1) is 12.4 Å². The fourth-order valence-electron chi connectivity index (χ4n) is 3.52. The van der Waals surface area contributed by atoms with Crippen LogP contribution in [0.4, 0.5) is 0 Å². The van der Waals surface area contributed by atoms with Gasteiger partial charge < -0.3 is 20.1 Å². The normalized spacial score (nSPS) is 21.9. The van der Waals surface area contributed by atoms with Crippen LogP contribution in [0.5, 0.6) is 11.5 Å². The number of halogens is 1. The van der Waals surface area contributed by atoms with E-state index < -0.39 is 0 Å². The zero-order valence-electron chi connectivity index (χ0n) is 14.8. The van der Waals surface area contributed by atoms with Crippen molar-refractivity contribution in [3.8, 4) is 11.5 Å². The molecule has 3 heterocycles. The molecule has 0 spiro atoms. The first-order valence-electron chi connectivity index (χ1n) is 8.51. The Hall–Kier alpha value is -2.25. The molecule has 2 aliphatic heterocycles. The third-order valence-electron chi connectivity index (χ3n) is 4.96. The molecule has 8 heteroatoms. The van der Waals surface area contributed by atoms with Gasteiger partial charge in [-0.2, -0.15) is 5.10 Å². The highest BCUT2D eigenvalue weighted by Gasteiger charge is 2.35. The number of hydrogen-bond acceptors (Lipinski definition) is 5. The first kappa shape index (κ1) is 18.5. The number of aryl methyl sites for hydroxylation is 1. The predicted molar refractivity (Wildman–Crippen MR) is 98.7 cm³/mol. The average molecular weight is 379 g/mol. The number of amides is 1. The number of aromatic nitrogens is 2. The van der Waals surface area contributed by atoms with Crippen molar-refractivity contribution in [2.45, 2.75) is 18.9 Å². The number of rotatable bonds is 4. The van der Waals surface area contributed by atoms with Crippen LogP contribution in [0.15, 0.2) is 30.6 Å². The largest absolute Gasteiger partial charge is 0.454 e. The zero-order valence-corrected chi connectivity index (χ0v) is 15.6. The maximum Gasteiger partial charge on any atom is 0.231 e. The molecular weight excluding hydrogens is 356 g/mol. The van der Waals surface area contributed by atoms with Crippen molar-refractivity contribution in [2.75, 3.05) is 19.9 Å². The first-order valence-corrected chi connectivity index (χ1v) is 8.51. The lowest BCUT2D eigenvalue weighted by Gasteiger charge is -2.21. The molecule has 0 bridgehead atoms. The second-order valence-electron chi connectivity index (χ2n) is 6.66. The summed E-state index contributed by atoms with van der Waals surface area (Å²) in [6.45, 7) is 3.71. The molecule has 2 N–H and O–H groups in total. The highest BCUT2D eigenvalue weighted by molar-refractivity contribution is 5.85. The summed E-state index contributed by atoms with van der Waals surface area (Å²) in [6, 6.07) is 5.68. The van der Waals surface area contributed by atoms with Gasteiger partial charge >= 0.3 is 0 Å². The molecule has 4 rings (SSSR count). The van der Waals surface area contributed by atoms with Crippen LogP contribution in [0, 0.1) is 5.92 Å². The van der Waals surface area contributed by atoms with Crippen molar-refractivity contribution in [2.24, 2.45) is 13.0 Å². The lowest BCUT2D eigenvalue weighted by Crippen LogP contribution is -2.35. The minimum absolute atomic E-state index is 0. The number of carbonyl (C=O) groups excluding carboxylic acids is 1. The molecule has 1 aromatic carbocycles. The van der Waals surface area contributed by atoms with Crippen molar-refractivity contribution >= 4 is 18.3 Å². The first-order chi connectivity index (χ1) is 12.1. The SMILES string of the molecule is CC(NC(=O)[C@H]1CNC[C@@H]1c1cnn(C)c1)c1ccc2c(c1)OCO2.Cl. The fraction of sp³-hybridized carbons (Fsp3) is 0.444. The zero-order chi connectivity index (χ0) is 17.4. The Morgan fingerprint density at radius 1 is 1.35 bits per heavy atom. The molecule has 3 atom stereocenters. The minimum Gasteiger partial charge on any atom is -0.454 e. The van der Waals surface area contributed by atoms with Gasteiger partial charge in [-0.05, 0) is 30.2 Å². The van der Waals surface area contributed by atoms with Gasteiger partial charge in [0.05, 0.1) is 18.2 Å². The van der Waals surface area contributed by atoms with Crippen molar-refractivity contribution in [3.63, 3.8) is 0 Å². The second-order valence-corrected chi connectivity index (χ2v) is 6.66. The van der Waals surface area contributed by atoms with Crippen molar-refractivity contribution in [1.29, 1.82) is 0 Å². The van der Waals surface area contributed by atoms with Gasteiger partial charge in [0.15, 0.2) is 11.5 Å². The molecule has 2 aromatic rings. The summed E-state index contributed by atoms with van der Waals surface area (Å²) in [5.74, 6) is 1.59. The molecular formula is C18H23ClN4O3. The molecule has 0 radical (unpaired) electrons. The number of nitrogens with zero attached hydrogens (tertiary/aromatic N) is 2. The summed E-state index contributed by atoms with van der Waals surface area (Å²) >= 11 is 0. The Morgan fingerprint density at radius 2 is 2.15 bits per heavy atom. The molecule has 140 valence electrons. The predicted octanol–water partition coefficient (Wildman–Crippen LogP) is 1.75. The van der Waals surface area contributed by atoms with E-state index in [2.05, 4.69) is 15.7 Å². The second kappa shape index (κ2) is 7.55. The van der Waals surface area contributed by atoms with E-state index in [0.717, 1.165) is 29.2 Å². The Morgan fingerprint density at radius 3 is 2.92 bits per heavy atom. The van der Waals surface area contributed by atoms with Gasteiger partial charge in [0, 0.05) is 32.3 Å². The quantitative estimate of drug-likeness (QED) is 0.847. The Bertz CT molecular complexity index is 794. The van der Waals surface area contributed by atoms with Crippen LogP contribution >= 0.6 is 12.4 Å². The summed E-state index contributed by atoms with van der Waals surface area (Å²) in [7, 11) is 1.89. The highest BCUT2D eigenvalue weighted by atomic mass is 35.5. The van der Waals surface area contributed by atoms with Crippen LogP contribution in [0.25, 0.3) is 0 Å². The highest BCUT2D eigenvalue weighted by Crippen LogP contribution is 2.34. The van der Waals surface area contributed by atoms with Crippen molar-refractivity contribution < 1.29 is 14.3 Å². The summed E-state index contributed by atoms with van der Waals surface area (Å²) in [4.78, 5) is 12.8. The standard InChI is InChI=1S/C18H22N4O3.ClH/c1-11(12-3-4-16-17(5-12)25-10-24-16)21-18(23)15-8-19-7-14(15)13-6-20-22(2)9-13;/h3-6,9,11,14-15,19H,7-8,10H2,1-2H3,(H,21,23);1H/t11?,14-,15+;/m1./s1. The summed E-state index contributed by atoms with van der Waals surface area (Å²) in [5.41, 5.74) is 2.10. The molecule has 1 aromatic heterocycles. The van der Waals surface area contributed by atoms with Gasteiger partial charge in [-0.25, -0.2) is 0 Å². The number of benzene rings is 1. The molecule has 7 nitrogen and oxygen atoms in total. The number of carbonyl (C=O) groups is 1. The smallest absolute Gasteiger partial charge is 0.231 e. The third kappa shape index (κ3) is 3.50. The van der Waals surface area contributed by atoms with E-state index in [-0.39, 0.29) is 43.0 Å². The van der Waals surface area contributed by atoms with E-state index >= 15 is 0 Å². The topological polar surface area (TPSA) is 77.4 Å². The van der Waals surface area contributed by atoms with Crippen LogP contribution in [0.3, 0.4) is 0 Å². The lowest BCUT2D eigenvalue weighted by molar-refractivity contribution is -0.125. The van der Waals surface area contributed by atoms with Crippen LogP contribution in [-0.2, 0) is 11.8 Å². The van der Waals surface area contributed by atoms with Gasteiger partial charge in [0.1, 0.15) is 0 Å². The number of hydrogen-bond donors (Lipinski definition) is 2. The van der Waals surface area contributed by atoms with E-state index in [1.165, 1.54) is 0 Å². The van der Waals surface area contributed by atoms with Gasteiger partial charge in [0.25, 0.3) is 0 Å². The van der Waals surface area contributed by atoms with Crippen LogP contribution in [0.1, 0.15) is 30.0 Å².